The molecule has 0 fully saturated rings. The standard InChI is InChI=1S/C11H16BN3O2S/c1-8(2)5-11(12(16)17)15-6-10(13-14-15)9-3-4-18-7-9/h3-4,6-8,11,16-17H,5H2,1-2H3/t11-/m0/s1. The lowest BCUT2D eigenvalue weighted by Crippen LogP contribution is -2.30. The molecule has 5 nitrogen and oxygen atoms in total. The Morgan fingerprint density at radius 2 is 2.22 bits per heavy atom. The van der Waals surface area contributed by atoms with Gasteiger partial charge >= 0.3 is 7.12 Å². The number of thiophene rings is 1. The van der Waals surface area contributed by atoms with E-state index < -0.39 is 13.1 Å². The lowest BCUT2D eigenvalue weighted by Gasteiger charge is -2.17. The highest BCUT2D eigenvalue weighted by Crippen LogP contribution is 2.23. The molecule has 2 heterocycles. The molecule has 0 saturated carbocycles. The van der Waals surface area contributed by atoms with Gasteiger partial charge in [0, 0.05) is 10.9 Å². The van der Waals surface area contributed by atoms with Crippen molar-refractivity contribution in [1.82, 2.24) is 15.0 Å². The van der Waals surface area contributed by atoms with Crippen LogP contribution in [0.1, 0.15) is 26.2 Å². The number of nitrogens with zero attached hydrogens (tertiary/aromatic N) is 3. The summed E-state index contributed by atoms with van der Waals surface area (Å²) in [6.45, 7) is 4.07. The molecule has 96 valence electrons. The van der Waals surface area contributed by atoms with Crippen LogP contribution in [0.5, 0.6) is 0 Å². The number of rotatable bonds is 5. The van der Waals surface area contributed by atoms with Gasteiger partial charge < -0.3 is 10.0 Å². The minimum Gasteiger partial charge on any atom is -0.426 e. The first kappa shape index (κ1) is 13.3. The van der Waals surface area contributed by atoms with Crippen LogP contribution in [0.15, 0.2) is 23.0 Å². The Morgan fingerprint density at radius 3 is 2.78 bits per heavy atom. The monoisotopic (exact) mass is 265 g/mol. The molecule has 0 aromatic carbocycles. The van der Waals surface area contributed by atoms with E-state index in [0.29, 0.717) is 12.3 Å². The van der Waals surface area contributed by atoms with Crippen molar-refractivity contribution < 1.29 is 10.0 Å². The van der Waals surface area contributed by atoms with Crippen molar-refractivity contribution in [2.24, 2.45) is 5.92 Å². The summed E-state index contributed by atoms with van der Waals surface area (Å²) < 4.78 is 1.54. The molecular formula is C11H16BN3O2S. The smallest absolute Gasteiger partial charge is 0.426 e. The molecule has 1 atom stereocenters. The highest BCUT2D eigenvalue weighted by molar-refractivity contribution is 7.08. The van der Waals surface area contributed by atoms with Gasteiger partial charge in [-0.2, -0.15) is 11.3 Å². The van der Waals surface area contributed by atoms with Crippen LogP contribution in [0, 0.1) is 5.92 Å². The molecule has 0 bridgehead atoms. The first-order chi connectivity index (χ1) is 8.58. The molecule has 2 aromatic heterocycles. The van der Waals surface area contributed by atoms with Gasteiger partial charge in [0.1, 0.15) is 5.69 Å². The van der Waals surface area contributed by atoms with E-state index in [9.17, 15) is 10.0 Å². The van der Waals surface area contributed by atoms with E-state index in [1.807, 2.05) is 30.7 Å². The van der Waals surface area contributed by atoms with Gasteiger partial charge in [-0.05, 0) is 23.8 Å². The summed E-state index contributed by atoms with van der Waals surface area (Å²) in [5.41, 5.74) is 1.76. The molecule has 2 rings (SSSR count). The van der Waals surface area contributed by atoms with Gasteiger partial charge in [-0.25, -0.2) is 0 Å². The Balaban J connectivity index is 2.21. The van der Waals surface area contributed by atoms with Gasteiger partial charge in [0.05, 0.1) is 12.1 Å². The molecular weight excluding hydrogens is 249 g/mol. The molecule has 0 aliphatic heterocycles. The maximum atomic E-state index is 9.42. The van der Waals surface area contributed by atoms with Gasteiger partial charge in [-0.15, -0.1) is 5.10 Å². The fourth-order valence-corrected chi connectivity index (χ4v) is 2.48. The molecule has 0 radical (unpaired) electrons. The van der Waals surface area contributed by atoms with Crippen LogP contribution in [-0.2, 0) is 0 Å². The number of hydrogen-bond donors (Lipinski definition) is 2. The molecule has 2 aromatic rings. The predicted octanol–water partition coefficient (Wildman–Crippen LogP) is 1.61. The summed E-state index contributed by atoms with van der Waals surface area (Å²) in [7, 11) is -1.43. The predicted molar refractivity (Wildman–Crippen MR) is 72.0 cm³/mol. The number of aromatic nitrogens is 3. The van der Waals surface area contributed by atoms with Crippen molar-refractivity contribution in [3.05, 3.63) is 23.0 Å². The molecule has 0 aliphatic rings. The normalized spacial score (nSPS) is 12.9. The maximum absolute atomic E-state index is 9.42. The summed E-state index contributed by atoms with van der Waals surface area (Å²) in [6, 6.07) is 1.96. The second kappa shape index (κ2) is 5.64. The van der Waals surface area contributed by atoms with Crippen LogP contribution >= 0.6 is 11.3 Å². The van der Waals surface area contributed by atoms with Gasteiger partial charge in [0.25, 0.3) is 0 Å². The molecule has 7 heteroatoms. The highest BCUT2D eigenvalue weighted by atomic mass is 32.1. The summed E-state index contributed by atoms with van der Waals surface area (Å²) in [6.07, 6.45) is 2.40. The Bertz CT molecular complexity index is 484. The van der Waals surface area contributed by atoms with Gasteiger partial charge in [0.2, 0.25) is 0 Å². The second-order valence-electron chi connectivity index (χ2n) is 4.71. The highest BCUT2D eigenvalue weighted by Gasteiger charge is 2.27. The van der Waals surface area contributed by atoms with Crippen LogP contribution in [0.4, 0.5) is 0 Å². The van der Waals surface area contributed by atoms with E-state index in [1.54, 1.807) is 17.5 Å². The van der Waals surface area contributed by atoms with E-state index in [0.717, 1.165) is 11.3 Å². The average Bonchev–Trinajstić information content (AvgIpc) is 2.95. The fraction of sp³-hybridized carbons (Fsp3) is 0.455. The first-order valence-electron chi connectivity index (χ1n) is 5.88. The summed E-state index contributed by atoms with van der Waals surface area (Å²) in [5, 5.41) is 30.9. The second-order valence-corrected chi connectivity index (χ2v) is 5.49. The molecule has 18 heavy (non-hydrogen) atoms. The quantitative estimate of drug-likeness (QED) is 0.805. The zero-order valence-electron chi connectivity index (χ0n) is 10.4. The van der Waals surface area contributed by atoms with E-state index in [-0.39, 0.29) is 0 Å². The topological polar surface area (TPSA) is 71.2 Å². The molecule has 0 spiro atoms. The largest absolute Gasteiger partial charge is 0.477 e. The van der Waals surface area contributed by atoms with Crippen molar-refractivity contribution in [3.8, 4) is 11.3 Å². The van der Waals surface area contributed by atoms with Crippen molar-refractivity contribution in [2.45, 2.75) is 26.2 Å². The third-order valence-corrected chi connectivity index (χ3v) is 3.41. The average molecular weight is 265 g/mol. The van der Waals surface area contributed by atoms with Gasteiger partial charge in [-0.3, -0.25) is 4.68 Å². The molecule has 0 aliphatic carbocycles. The first-order valence-corrected chi connectivity index (χ1v) is 6.82. The molecule has 0 unspecified atom stereocenters. The van der Waals surface area contributed by atoms with Gasteiger partial charge in [0.15, 0.2) is 0 Å². The summed E-state index contributed by atoms with van der Waals surface area (Å²) >= 11 is 1.59. The lowest BCUT2D eigenvalue weighted by molar-refractivity contribution is 0.324. The number of hydrogen-bond acceptors (Lipinski definition) is 5. The van der Waals surface area contributed by atoms with Gasteiger partial charge in [-0.1, -0.05) is 19.1 Å². The van der Waals surface area contributed by atoms with E-state index in [1.165, 1.54) is 4.68 Å². The van der Waals surface area contributed by atoms with E-state index in [4.69, 9.17) is 0 Å². The maximum Gasteiger partial charge on any atom is 0.477 e. The van der Waals surface area contributed by atoms with Crippen molar-refractivity contribution >= 4 is 18.5 Å². The van der Waals surface area contributed by atoms with Crippen LogP contribution in [0.2, 0.25) is 0 Å². The minimum atomic E-state index is -1.43. The molecule has 2 N–H and O–H groups in total. The van der Waals surface area contributed by atoms with Crippen molar-refractivity contribution in [2.75, 3.05) is 0 Å². The lowest BCUT2D eigenvalue weighted by atomic mass is 9.75. The third-order valence-electron chi connectivity index (χ3n) is 2.72. The van der Waals surface area contributed by atoms with Crippen LogP contribution in [-0.4, -0.2) is 32.2 Å². The fourth-order valence-electron chi connectivity index (χ4n) is 1.83. The van der Waals surface area contributed by atoms with Crippen molar-refractivity contribution in [3.63, 3.8) is 0 Å². The van der Waals surface area contributed by atoms with Crippen LogP contribution in [0.25, 0.3) is 11.3 Å². The van der Waals surface area contributed by atoms with Crippen LogP contribution < -0.4 is 0 Å². The SMILES string of the molecule is CC(C)C[C@@H](B(O)O)n1cc(-c2ccsc2)nn1. The molecule has 0 amide bonds. The van der Waals surface area contributed by atoms with Crippen LogP contribution in [0.3, 0.4) is 0 Å². The summed E-state index contributed by atoms with van der Waals surface area (Å²) in [5.74, 6) is -0.101. The summed E-state index contributed by atoms with van der Waals surface area (Å²) in [4.78, 5) is 0. The zero-order chi connectivity index (χ0) is 13.1. The Hall–Kier alpha value is -1.18. The Morgan fingerprint density at radius 1 is 1.44 bits per heavy atom. The minimum absolute atomic E-state index is 0.352. The zero-order valence-corrected chi connectivity index (χ0v) is 11.2. The van der Waals surface area contributed by atoms with Crippen molar-refractivity contribution in [1.29, 1.82) is 0 Å². The third kappa shape index (κ3) is 2.98. The van der Waals surface area contributed by atoms with E-state index >= 15 is 0 Å². The molecule has 0 saturated heterocycles. The van der Waals surface area contributed by atoms with E-state index in [2.05, 4.69) is 10.3 Å². The Labute approximate surface area is 110 Å². The Kier molecular flexibility index (Phi) is 4.16.